The molecule has 0 aromatic rings. The molecule has 2 aliphatic rings. The van der Waals surface area contributed by atoms with Gasteiger partial charge in [0.25, 0.3) is 0 Å². The molecule has 0 bridgehead atoms. The van der Waals surface area contributed by atoms with Gasteiger partial charge in [-0.25, -0.2) is 0 Å². The summed E-state index contributed by atoms with van der Waals surface area (Å²) in [6, 6.07) is 0.718. The largest absolute Gasteiger partial charge is 0.329 e. The predicted octanol–water partition coefficient (Wildman–Crippen LogP) is 3.40. The molecule has 0 aromatic carbocycles. The molecular weight excluding hydrogens is 220 g/mol. The zero-order valence-corrected chi connectivity index (χ0v) is 12.6. The SMILES string of the molecule is CC1CCCC(CN)(N2CCCC(C)C2C)CC1. The summed E-state index contributed by atoms with van der Waals surface area (Å²) in [6.07, 6.45) is 9.55. The number of nitrogens with zero attached hydrogens (tertiary/aromatic N) is 1. The summed E-state index contributed by atoms with van der Waals surface area (Å²) < 4.78 is 0. The number of hydrogen-bond acceptors (Lipinski definition) is 2. The van der Waals surface area contributed by atoms with Crippen LogP contribution in [0.1, 0.15) is 65.7 Å². The molecule has 4 atom stereocenters. The Morgan fingerprint density at radius 1 is 1.06 bits per heavy atom. The summed E-state index contributed by atoms with van der Waals surface area (Å²) in [5.74, 6) is 1.73. The molecule has 18 heavy (non-hydrogen) atoms. The van der Waals surface area contributed by atoms with Gasteiger partial charge >= 0.3 is 0 Å². The second-order valence-corrected chi connectivity index (χ2v) is 7.02. The third-order valence-corrected chi connectivity index (χ3v) is 5.80. The van der Waals surface area contributed by atoms with E-state index in [1.54, 1.807) is 0 Å². The summed E-state index contributed by atoms with van der Waals surface area (Å²) in [5, 5.41) is 0. The van der Waals surface area contributed by atoms with Crippen molar-refractivity contribution in [3.05, 3.63) is 0 Å². The van der Waals surface area contributed by atoms with Gasteiger partial charge in [0.1, 0.15) is 0 Å². The standard InChI is InChI=1S/C16H32N2/c1-13-6-4-9-16(12-17,10-8-13)18-11-5-7-14(2)15(18)3/h13-15H,4-12,17H2,1-3H3. The van der Waals surface area contributed by atoms with Crippen molar-refractivity contribution in [1.29, 1.82) is 0 Å². The van der Waals surface area contributed by atoms with Crippen LogP contribution in [0.5, 0.6) is 0 Å². The van der Waals surface area contributed by atoms with Crippen molar-refractivity contribution in [2.75, 3.05) is 13.1 Å². The normalized spacial score (nSPS) is 43.7. The van der Waals surface area contributed by atoms with Crippen LogP contribution in [-0.4, -0.2) is 29.6 Å². The summed E-state index contributed by atoms with van der Waals surface area (Å²) >= 11 is 0. The molecule has 0 radical (unpaired) electrons. The minimum Gasteiger partial charge on any atom is -0.329 e. The minimum atomic E-state index is 0.318. The van der Waals surface area contributed by atoms with Crippen LogP contribution < -0.4 is 5.73 Å². The highest BCUT2D eigenvalue weighted by molar-refractivity contribution is 4.98. The molecule has 1 aliphatic carbocycles. The number of likely N-dealkylation sites (tertiary alicyclic amines) is 1. The van der Waals surface area contributed by atoms with Crippen LogP contribution >= 0.6 is 0 Å². The molecule has 106 valence electrons. The topological polar surface area (TPSA) is 29.3 Å². The summed E-state index contributed by atoms with van der Waals surface area (Å²) in [4.78, 5) is 2.79. The predicted molar refractivity (Wildman–Crippen MR) is 78.6 cm³/mol. The fourth-order valence-corrected chi connectivity index (χ4v) is 4.18. The third-order valence-electron chi connectivity index (χ3n) is 5.80. The molecule has 1 heterocycles. The highest BCUT2D eigenvalue weighted by atomic mass is 15.2. The monoisotopic (exact) mass is 252 g/mol. The highest BCUT2D eigenvalue weighted by Crippen LogP contribution is 2.38. The lowest BCUT2D eigenvalue weighted by Gasteiger charge is -2.51. The van der Waals surface area contributed by atoms with Crippen molar-refractivity contribution in [2.24, 2.45) is 17.6 Å². The Labute approximate surface area is 113 Å². The van der Waals surface area contributed by atoms with Gasteiger partial charge in [0.2, 0.25) is 0 Å². The van der Waals surface area contributed by atoms with Gasteiger partial charge in [-0.2, -0.15) is 0 Å². The molecule has 2 fully saturated rings. The molecule has 4 unspecified atom stereocenters. The molecule has 2 nitrogen and oxygen atoms in total. The van der Waals surface area contributed by atoms with Crippen LogP contribution in [0.4, 0.5) is 0 Å². The zero-order valence-electron chi connectivity index (χ0n) is 12.6. The quantitative estimate of drug-likeness (QED) is 0.763. The molecule has 0 aromatic heterocycles. The molecule has 2 rings (SSSR count). The van der Waals surface area contributed by atoms with Gasteiger partial charge < -0.3 is 5.73 Å². The first-order chi connectivity index (χ1) is 8.59. The van der Waals surface area contributed by atoms with Crippen LogP contribution in [0, 0.1) is 11.8 Å². The molecule has 2 heteroatoms. The van der Waals surface area contributed by atoms with Crippen molar-refractivity contribution >= 4 is 0 Å². The lowest BCUT2D eigenvalue weighted by Crippen LogP contribution is -2.60. The van der Waals surface area contributed by atoms with Gasteiger partial charge in [-0.15, -0.1) is 0 Å². The Bertz CT molecular complexity index is 266. The van der Waals surface area contributed by atoms with E-state index in [0.717, 1.165) is 24.4 Å². The lowest BCUT2D eigenvalue weighted by molar-refractivity contribution is -0.00550. The third kappa shape index (κ3) is 2.75. The Hall–Kier alpha value is -0.0800. The fraction of sp³-hybridized carbons (Fsp3) is 1.00. The number of hydrogen-bond donors (Lipinski definition) is 1. The number of rotatable bonds is 2. The van der Waals surface area contributed by atoms with Gasteiger partial charge in [-0.05, 0) is 57.4 Å². The van der Waals surface area contributed by atoms with Crippen molar-refractivity contribution in [3.63, 3.8) is 0 Å². The first-order valence-corrected chi connectivity index (χ1v) is 8.06. The Kier molecular flexibility index (Phi) is 4.71. The Morgan fingerprint density at radius 3 is 2.56 bits per heavy atom. The van der Waals surface area contributed by atoms with E-state index in [1.165, 1.54) is 51.5 Å². The maximum absolute atomic E-state index is 6.25. The maximum Gasteiger partial charge on any atom is 0.0334 e. The van der Waals surface area contributed by atoms with E-state index in [9.17, 15) is 0 Å². The molecular formula is C16H32N2. The van der Waals surface area contributed by atoms with Gasteiger partial charge in [-0.1, -0.05) is 26.7 Å². The van der Waals surface area contributed by atoms with Crippen molar-refractivity contribution in [1.82, 2.24) is 4.90 Å². The Morgan fingerprint density at radius 2 is 1.83 bits per heavy atom. The lowest BCUT2D eigenvalue weighted by atomic mass is 9.81. The molecule has 0 spiro atoms. The second-order valence-electron chi connectivity index (χ2n) is 7.02. The maximum atomic E-state index is 6.25. The van der Waals surface area contributed by atoms with E-state index in [2.05, 4.69) is 25.7 Å². The van der Waals surface area contributed by atoms with Crippen LogP contribution in [0.2, 0.25) is 0 Å². The summed E-state index contributed by atoms with van der Waals surface area (Å²) in [7, 11) is 0. The van der Waals surface area contributed by atoms with E-state index in [0.29, 0.717) is 5.54 Å². The Balaban J connectivity index is 2.14. The van der Waals surface area contributed by atoms with Crippen molar-refractivity contribution in [2.45, 2.75) is 77.3 Å². The molecule has 2 N–H and O–H groups in total. The van der Waals surface area contributed by atoms with Gasteiger partial charge in [0, 0.05) is 18.1 Å². The second kappa shape index (κ2) is 5.92. The zero-order chi connectivity index (χ0) is 13.2. The smallest absolute Gasteiger partial charge is 0.0334 e. The number of nitrogens with two attached hydrogens (primary N) is 1. The molecule has 1 saturated heterocycles. The number of piperidine rings is 1. The average Bonchev–Trinajstić information content (AvgIpc) is 2.56. The minimum absolute atomic E-state index is 0.318. The van der Waals surface area contributed by atoms with E-state index >= 15 is 0 Å². The van der Waals surface area contributed by atoms with E-state index in [-0.39, 0.29) is 0 Å². The highest BCUT2D eigenvalue weighted by Gasteiger charge is 2.41. The van der Waals surface area contributed by atoms with E-state index in [1.807, 2.05) is 0 Å². The van der Waals surface area contributed by atoms with E-state index < -0.39 is 0 Å². The summed E-state index contributed by atoms with van der Waals surface area (Å²) in [5.41, 5.74) is 6.57. The molecule has 1 saturated carbocycles. The first-order valence-electron chi connectivity index (χ1n) is 8.06. The van der Waals surface area contributed by atoms with Crippen LogP contribution in [0.25, 0.3) is 0 Å². The fourth-order valence-electron chi connectivity index (χ4n) is 4.18. The van der Waals surface area contributed by atoms with Gasteiger partial charge in [-0.3, -0.25) is 4.90 Å². The van der Waals surface area contributed by atoms with Gasteiger partial charge in [0.15, 0.2) is 0 Å². The first kappa shape index (κ1) is 14.3. The van der Waals surface area contributed by atoms with Crippen LogP contribution in [-0.2, 0) is 0 Å². The van der Waals surface area contributed by atoms with E-state index in [4.69, 9.17) is 5.73 Å². The molecule has 0 amide bonds. The molecule has 1 aliphatic heterocycles. The average molecular weight is 252 g/mol. The van der Waals surface area contributed by atoms with Crippen molar-refractivity contribution < 1.29 is 0 Å². The van der Waals surface area contributed by atoms with Crippen molar-refractivity contribution in [3.8, 4) is 0 Å². The van der Waals surface area contributed by atoms with Crippen LogP contribution in [0.3, 0.4) is 0 Å². The van der Waals surface area contributed by atoms with Gasteiger partial charge in [0.05, 0.1) is 0 Å². The summed E-state index contributed by atoms with van der Waals surface area (Å²) in [6.45, 7) is 9.39. The van der Waals surface area contributed by atoms with Crippen LogP contribution in [0.15, 0.2) is 0 Å².